The average Bonchev–Trinajstić information content (AvgIpc) is 2.55. The van der Waals surface area contributed by atoms with E-state index in [0.717, 1.165) is 11.3 Å². The zero-order valence-corrected chi connectivity index (χ0v) is 14.9. The Morgan fingerprint density at radius 2 is 1.40 bits per heavy atom. The van der Waals surface area contributed by atoms with E-state index in [2.05, 4.69) is 0 Å². The molecule has 0 unspecified atom stereocenters. The van der Waals surface area contributed by atoms with E-state index >= 15 is 0 Å². The molecular weight excluding hydrogens is 316 g/mol. The smallest absolute Gasteiger partial charge is 0.193 e. The maximum Gasteiger partial charge on any atom is 0.193 e. The van der Waals surface area contributed by atoms with Crippen molar-refractivity contribution in [2.24, 2.45) is 0 Å². The minimum Gasteiger partial charge on any atom is -0.491 e. The summed E-state index contributed by atoms with van der Waals surface area (Å²) in [6.45, 7) is 7.85. The fourth-order valence-corrected chi connectivity index (χ4v) is 2.59. The van der Waals surface area contributed by atoms with Gasteiger partial charge in [0.15, 0.2) is 5.43 Å². The maximum atomic E-state index is 12.5. The van der Waals surface area contributed by atoms with Crippen molar-refractivity contribution in [3.05, 3.63) is 58.8 Å². The summed E-state index contributed by atoms with van der Waals surface area (Å²) in [6.07, 6.45) is 0.169. The van der Waals surface area contributed by atoms with Gasteiger partial charge in [-0.2, -0.15) is 0 Å². The van der Waals surface area contributed by atoms with Gasteiger partial charge in [0.25, 0.3) is 0 Å². The Kier molecular flexibility index (Phi) is 4.79. The Hall–Kier alpha value is -2.75. The zero-order chi connectivity index (χ0) is 18.0. The fraction of sp³-hybridized carbons (Fsp3) is 0.286. The van der Waals surface area contributed by atoms with E-state index in [1.807, 2.05) is 58.0 Å². The molecule has 4 nitrogen and oxygen atoms in total. The Balaban J connectivity index is 1.96. The van der Waals surface area contributed by atoms with Gasteiger partial charge in [-0.05, 0) is 70.2 Å². The third kappa shape index (κ3) is 4.02. The van der Waals surface area contributed by atoms with Gasteiger partial charge in [-0.15, -0.1) is 0 Å². The van der Waals surface area contributed by atoms with Crippen LogP contribution in [0.3, 0.4) is 0 Å². The lowest BCUT2D eigenvalue weighted by molar-refractivity contribution is 0.242. The van der Waals surface area contributed by atoms with E-state index < -0.39 is 0 Å². The van der Waals surface area contributed by atoms with Gasteiger partial charge < -0.3 is 13.9 Å². The molecule has 1 aromatic heterocycles. The monoisotopic (exact) mass is 338 g/mol. The molecule has 25 heavy (non-hydrogen) atoms. The highest BCUT2D eigenvalue weighted by molar-refractivity contribution is 5.80. The molecule has 0 saturated carbocycles. The van der Waals surface area contributed by atoms with Crippen molar-refractivity contribution in [1.29, 1.82) is 0 Å². The summed E-state index contributed by atoms with van der Waals surface area (Å²) in [7, 11) is 0. The summed E-state index contributed by atoms with van der Waals surface area (Å²) in [5, 5.41) is 0.515. The molecule has 0 aliphatic rings. The Morgan fingerprint density at radius 3 is 2.04 bits per heavy atom. The molecule has 3 aromatic rings. The van der Waals surface area contributed by atoms with E-state index in [0.29, 0.717) is 22.5 Å². The number of ether oxygens (including phenoxy) is 2. The highest BCUT2D eigenvalue weighted by atomic mass is 16.5. The zero-order valence-electron chi connectivity index (χ0n) is 14.9. The molecule has 0 aliphatic heterocycles. The van der Waals surface area contributed by atoms with E-state index in [9.17, 15) is 4.79 Å². The number of benzene rings is 2. The molecule has 2 aromatic carbocycles. The molecule has 0 fully saturated rings. The predicted molar refractivity (Wildman–Crippen MR) is 99.4 cm³/mol. The number of fused-ring (bicyclic) bond motifs is 1. The second-order valence-electron chi connectivity index (χ2n) is 6.49. The largest absolute Gasteiger partial charge is 0.491 e. The van der Waals surface area contributed by atoms with Crippen LogP contribution in [-0.2, 0) is 0 Å². The highest BCUT2D eigenvalue weighted by Crippen LogP contribution is 2.26. The van der Waals surface area contributed by atoms with E-state index in [-0.39, 0.29) is 17.6 Å². The van der Waals surface area contributed by atoms with Gasteiger partial charge in [0, 0.05) is 11.6 Å². The fourth-order valence-electron chi connectivity index (χ4n) is 2.59. The van der Waals surface area contributed by atoms with Crippen LogP contribution in [0.5, 0.6) is 11.5 Å². The molecule has 3 rings (SSSR count). The van der Waals surface area contributed by atoms with Crippen LogP contribution in [-0.4, -0.2) is 12.2 Å². The van der Waals surface area contributed by atoms with Crippen LogP contribution < -0.4 is 14.9 Å². The molecule has 0 bridgehead atoms. The first-order valence-electron chi connectivity index (χ1n) is 8.44. The summed E-state index contributed by atoms with van der Waals surface area (Å²) in [6, 6.07) is 14.3. The second kappa shape index (κ2) is 7.01. The first-order valence-corrected chi connectivity index (χ1v) is 8.44. The van der Waals surface area contributed by atoms with Gasteiger partial charge in [0.2, 0.25) is 0 Å². The Labute approximate surface area is 147 Å². The summed E-state index contributed by atoms with van der Waals surface area (Å²) >= 11 is 0. The van der Waals surface area contributed by atoms with E-state index in [1.54, 1.807) is 12.1 Å². The lowest BCUT2D eigenvalue weighted by Crippen LogP contribution is -2.07. The lowest BCUT2D eigenvalue weighted by atomic mass is 10.1. The van der Waals surface area contributed by atoms with Gasteiger partial charge in [0.05, 0.1) is 17.6 Å². The van der Waals surface area contributed by atoms with E-state index in [4.69, 9.17) is 13.9 Å². The van der Waals surface area contributed by atoms with Crippen molar-refractivity contribution in [2.45, 2.75) is 39.9 Å². The second-order valence-corrected chi connectivity index (χ2v) is 6.49. The Morgan fingerprint density at radius 1 is 0.800 bits per heavy atom. The SMILES string of the molecule is CC(C)Oc1ccc(-c2cc(=O)c3cc(OC(C)C)ccc3o2)cc1. The third-order valence-corrected chi connectivity index (χ3v) is 3.58. The molecule has 1 heterocycles. The van der Waals surface area contributed by atoms with Gasteiger partial charge in [-0.25, -0.2) is 0 Å². The first kappa shape index (κ1) is 17.1. The van der Waals surface area contributed by atoms with Crippen LogP contribution in [0.25, 0.3) is 22.3 Å². The molecule has 0 saturated heterocycles. The molecule has 0 spiro atoms. The third-order valence-electron chi connectivity index (χ3n) is 3.58. The minimum atomic E-state index is -0.0898. The van der Waals surface area contributed by atoms with Crippen LogP contribution in [0, 0.1) is 0 Å². The first-order chi connectivity index (χ1) is 11.9. The molecule has 4 heteroatoms. The number of hydrogen-bond donors (Lipinski definition) is 0. The quantitative estimate of drug-likeness (QED) is 0.654. The van der Waals surface area contributed by atoms with Crippen LogP contribution >= 0.6 is 0 Å². The molecular formula is C21H22O4. The minimum absolute atomic E-state index is 0.0512. The molecule has 0 N–H and O–H groups in total. The van der Waals surface area contributed by atoms with Crippen molar-refractivity contribution in [3.8, 4) is 22.8 Å². The van der Waals surface area contributed by atoms with Gasteiger partial charge >= 0.3 is 0 Å². The van der Waals surface area contributed by atoms with Crippen LogP contribution in [0.2, 0.25) is 0 Å². The van der Waals surface area contributed by atoms with Crippen LogP contribution in [0.1, 0.15) is 27.7 Å². The topological polar surface area (TPSA) is 48.7 Å². The van der Waals surface area contributed by atoms with E-state index in [1.165, 1.54) is 6.07 Å². The van der Waals surface area contributed by atoms with Crippen molar-refractivity contribution >= 4 is 11.0 Å². The van der Waals surface area contributed by atoms with Crippen molar-refractivity contribution in [3.63, 3.8) is 0 Å². The molecule has 0 aliphatic carbocycles. The number of hydrogen-bond acceptors (Lipinski definition) is 4. The highest BCUT2D eigenvalue weighted by Gasteiger charge is 2.09. The maximum absolute atomic E-state index is 12.5. The number of rotatable bonds is 5. The van der Waals surface area contributed by atoms with Crippen molar-refractivity contribution in [2.75, 3.05) is 0 Å². The summed E-state index contributed by atoms with van der Waals surface area (Å²) in [5.41, 5.74) is 1.28. The standard InChI is InChI=1S/C21H22O4/c1-13(2)23-16-7-5-15(6-8-16)21-12-19(22)18-11-17(24-14(3)4)9-10-20(18)25-21/h5-14H,1-4H3. The summed E-state index contributed by atoms with van der Waals surface area (Å²) in [5.74, 6) is 1.99. The summed E-state index contributed by atoms with van der Waals surface area (Å²) < 4.78 is 17.2. The molecule has 0 radical (unpaired) electrons. The summed E-state index contributed by atoms with van der Waals surface area (Å²) in [4.78, 5) is 12.5. The van der Waals surface area contributed by atoms with Crippen molar-refractivity contribution in [1.82, 2.24) is 0 Å². The average molecular weight is 338 g/mol. The Bertz CT molecular complexity index is 921. The molecule has 130 valence electrons. The van der Waals surface area contributed by atoms with Gasteiger partial charge in [-0.3, -0.25) is 4.79 Å². The van der Waals surface area contributed by atoms with Crippen molar-refractivity contribution < 1.29 is 13.9 Å². The lowest BCUT2D eigenvalue weighted by Gasteiger charge is -2.11. The molecule has 0 atom stereocenters. The van der Waals surface area contributed by atoms with Gasteiger partial charge in [-0.1, -0.05) is 0 Å². The molecule has 0 amide bonds. The van der Waals surface area contributed by atoms with Gasteiger partial charge in [0.1, 0.15) is 22.8 Å². The van der Waals surface area contributed by atoms with Crippen LogP contribution in [0.15, 0.2) is 57.7 Å². The predicted octanol–water partition coefficient (Wildman–Crippen LogP) is 5.03. The van der Waals surface area contributed by atoms with Crippen LogP contribution in [0.4, 0.5) is 0 Å². The normalized spacial score (nSPS) is 11.3.